The molecule has 19 heavy (non-hydrogen) atoms. The fraction of sp³-hybridized carbons (Fsp3) is 0.267. The highest BCUT2D eigenvalue weighted by Crippen LogP contribution is 2.19. The predicted octanol–water partition coefficient (Wildman–Crippen LogP) is 2.62. The Balaban J connectivity index is 2.15. The van der Waals surface area contributed by atoms with Crippen molar-refractivity contribution in [2.45, 2.75) is 20.0 Å². The molecule has 1 aromatic carbocycles. The minimum absolute atomic E-state index is 0.218. The monoisotopic (exact) mass is 259 g/mol. The summed E-state index contributed by atoms with van der Waals surface area (Å²) in [6, 6.07) is 11.0. The van der Waals surface area contributed by atoms with Gasteiger partial charge in [0.25, 0.3) is 0 Å². The van der Waals surface area contributed by atoms with E-state index in [1.807, 2.05) is 43.1 Å². The van der Waals surface area contributed by atoms with Gasteiger partial charge in [-0.3, -0.25) is 4.98 Å². The van der Waals surface area contributed by atoms with E-state index in [9.17, 15) is 4.39 Å². The number of anilines is 1. The third-order valence-corrected chi connectivity index (χ3v) is 3.04. The number of pyridine rings is 1. The fourth-order valence-electron chi connectivity index (χ4n) is 1.96. The van der Waals surface area contributed by atoms with Gasteiger partial charge in [0.1, 0.15) is 5.82 Å². The normalized spacial score (nSPS) is 10.5. The minimum Gasteiger partial charge on any atom is -0.369 e. The molecule has 0 aliphatic rings. The number of hydrogen-bond donors (Lipinski definition) is 1. The zero-order chi connectivity index (χ0) is 13.8. The van der Waals surface area contributed by atoms with Crippen molar-refractivity contribution < 1.29 is 4.39 Å². The van der Waals surface area contributed by atoms with Crippen molar-refractivity contribution in [3.05, 3.63) is 59.2 Å². The average Bonchev–Trinajstić information content (AvgIpc) is 2.38. The van der Waals surface area contributed by atoms with Crippen LogP contribution >= 0.6 is 0 Å². The quantitative estimate of drug-likeness (QED) is 0.917. The van der Waals surface area contributed by atoms with Crippen molar-refractivity contribution in [2.24, 2.45) is 5.73 Å². The number of aromatic nitrogens is 1. The fourth-order valence-corrected chi connectivity index (χ4v) is 1.96. The average molecular weight is 259 g/mol. The predicted molar refractivity (Wildman–Crippen MR) is 75.4 cm³/mol. The van der Waals surface area contributed by atoms with Crippen LogP contribution in [0.15, 0.2) is 36.4 Å². The number of hydrogen-bond acceptors (Lipinski definition) is 3. The second-order valence-corrected chi connectivity index (χ2v) is 4.61. The summed E-state index contributed by atoms with van der Waals surface area (Å²) in [5.74, 6) is -0.260. The van der Waals surface area contributed by atoms with E-state index in [0.717, 1.165) is 17.1 Å². The first kappa shape index (κ1) is 13.5. The van der Waals surface area contributed by atoms with Gasteiger partial charge in [0.15, 0.2) is 0 Å². The van der Waals surface area contributed by atoms with Crippen LogP contribution < -0.4 is 10.6 Å². The maximum absolute atomic E-state index is 13.7. The summed E-state index contributed by atoms with van der Waals surface area (Å²) in [5.41, 5.74) is 8.75. The van der Waals surface area contributed by atoms with Crippen LogP contribution in [0.25, 0.3) is 0 Å². The molecule has 3 nitrogen and oxygen atoms in total. The van der Waals surface area contributed by atoms with Gasteiger partial charge in [0.2, 0.25) is 0 Å². The van der Waals surface area contributed by atoms with Crippen LogP contribution in [0.5, 0.6) is 0 Å². The molecule has 0 amide bonds. The molecule has 2 rings (SSSR count). The van der Waals surface area contributed by atoms with Crippen LogP contribution in [0.4, 0.5) is 10.1 Å². The van der Waals surface area contributed by atoms with E-state index in [1.54, 1.807) is 6.07 Å². The molecule has 1 aromatic heterocycles. The number of halogens is 1. The molecular formula is C15H18FN3. The smallest absolute Gasteiger partial charge is 0.129 e. The van der Waals surface area contributed by atoms with Crippen molar-refractivity contribution in [3.8, 4) is 0 Å². The standard InChI is InChI=1S/C15H18FN3/c1-11-4-3-5-13(18-11)10-19(2)14-7-6-12(9-17)15(16)8-14/h3-8H,9-10,17H2,1-2H3. The molecule has 100 valence electrons. The van der Waals surface area contributed by atoms with Crippen LogP contribution in [-0.2, 0) is 13.1 Å². The number of nitrogens with zero attached hydrogens (tertiary/aromatic N) is 2. The molecule has 2 N–H and O–H groups in total. The molecule has 0 atom stereocenters. The van der Waals surface area contributed by atoms with Crippen LogP contribution in [-0.4, -0.2) is 12.0 Å². The second kappa shape index (κ2) is 5.80. The Morgan fingerprint density at radius 1 is 1.26 bits per heavy atom. The molecule has 0 unspecified atom stereocenters. The van der Waals surface area contributed by atoms with Crippen molar-refractivity contribution in [3.63, 3.8) is 0 Å². The molecule has 0 aliphatic carbocycles. The summed E-state index contributed by atoms with van der Waals surface area (Å²) in [6.07, 6.45) is 0. The number of aryl methyl sites for hydroxylation is 1. The van der Waals surface area contributed by atoms with Gasteiger partial charge in [0, 0.05) is 30.5 Å². The topological polar surface area (TPSA) is 42.1 Å². The number of benzene rings is 1. The largest absolute Gasteiger partial charge is 0.369 e. The molecular weight excluding hydrogens is 241 g/mol. The van der Waals surface area contributed by atoms with Crippen molar-refractivity contribution in [1.82, 2.24) is 4.98 Å². The number of rotatable bonds is 4. The van der Waals surface area contributed by atoms with Gasteiger partial charge in [-0.15, -0.1) is 0 Å². The van der Waals surface area contributed by atoms with E-state index in [4.69, 9.17) is 5.73 Å². The molecule has 0 radical (unpaired) electrons. The van der Waals surface area contributed by atoms with E-state index >= 15 is 0 Å². The van der Waals surface area contributed by atoms with Crippen molar-refractivity contribution >= 4 is 5.69 Å². The van der Waals surface area contributed by atoms with E-state index < -0.39 is 0 Å². The highest BCUT2D eigenvalue weighted by Gasteiger charge is 2.07. The summed E-state index contributed by atoms with van der Waals surface area (Å²) in [5, 5.41) is 0. The Morgan fingerprint density at radius 2 is 2.05 bits per heavy atom. The number of nitrogens with two attached hydrogens (primary N) is 1. The van der Waals surface area contributed by atoms with E-state index in [1.165, 1.54) is 6.07 Å². The first-order chi connectivity index (χ1) is 9.10. The summed E-state index contributed by atoms with van der Waals surface area (Å²) in [4.78, 5) is 6.40. The zero-order valence-electron chi connectivity index (χ0n) is 11.2. The molecule has 0 saturated carbocycles. The lowest BCUT2D eigenvalue weighted by Crippen LogP contribution is -2.17. The molecule has 1 heterocycles. The van der Waals surface area contributed by atoms with Gasteiger partial charge in [-0.05, 0) is 31.2 Å². The molecule has 4 heteroatoms. The SMILES string of the molecule is Cc1cccc(CN(C)c2ccc(CN)c(F)c2)n1. The van der Waals surface area contributed by atoms with Gasteiger partial charge in [-0.1, -0.05) is 12.1 Å². The van der Waals surface area contributed by atoms with E-state index in [-0.39, 0.29) is 12.4 Å². The van der Waals surface area contributed by atoms with Crippen molar-refractivity contribution in [2.75, 3.05) is 11.9 Å². The van der Waals surface area contributed by atoms with Crippen LogP contribution in [0, 0.1) is 12.7 Å². The van der Waals surface area contributed by atoms with Gasteiger partial charge in [0.05, 0.1) is 12.2 Å². The maximum atomic E-state index is 13.7. The lowest BCUT2D eigenvalue weighted by atomic mass is 10.2. The van der Waals surface area contributed by atoms with Gasteiger partial charge in [-0.2, -0.15) is 0 Å². The molecule has 0 fully saturated rings. The highest BCUT2D eigenvalue weighted by atomic mass is 19.1. The Labute approximate surface area is 112 Å². The third-order valence-electron chi connectivity index (χ3n) is 3.04. The Kier molecular flexibility index (Phi) is 4.12. The van der Waals surface area contributed by atoms with E-state index in [2.05, 4.69) is 4.98 Å². The summed E-state index contributed by atoms with van der Waals surface area (Å²) in [7, 11) is 1.92. The minimum atomic E-state index is -0.260. The van der Waals surface area contributed by atoms with Gasteiger partial charge in [-0.25, -0.2) is 4.39 Å². The highest BCUT2D eigenvalue weighted by molar-refractivity contribution is 5.47. The van der Waals surface area contributed by atoms with Crippen LogP contribution in [0.2, 0.25) is 0 Å². The zero-order valence-corrected chi connectivity index (χ0v) is 11.2. The van der Waals surface area contributed by atoms with Gasteiger partial charge >= 0.3 is 0 Å². The summed E-state index contributed by atoms with van der Waals surface area (Å²) in [6.45, 7) is 2.82. The lowest BCUT2D eigenvalue weighted by Gasteiger charge is -2.19. The lowest BCUT2D eigenvalue weighted by molar-refractivity contribution is 0.610. The molecule has 2 aromatic rings. The molecule has 0 bridgehead atoms. The Hall–Kier alpha value is -1.94. The summed E-state index contributed by atoms with van der Waals surface area (Å²) < 4.78 is 13.7. The first-order valence-corrected chi connectivity index (χ1v) is 6.22. The van der Waals surface area contributed by atoms with Crippen LogP contribution in [0.1, 0.15) is 17.0 Å². The Bertz CT molecular complexity index is 569. The van der Waals surface area contributed by atoms with Crippen LogP contribution in [0.3, 0.4) is 0 Å². The van der Waals surface area contributed by atoms with Crippen molar-refractivity contribution in [1.29, 1.82) is 0 Å². The molecule has 0 aliphatic heterocycles. The third kappa shape index (κ3) is 3.29. The summed E-state index contributed by atoms with van der Waals surface area (Å²) >= 11 is 0. The first-order valence-electron chi connectivity index (χ1n) is 6.22. The molecule has 0 saturated heterocycles. The maximum Gasteiger partial charge on any atom is 0.129 e. The second-order valence-electron chi connectivity index (χ2n) is 4.61. The molecule has 0 spiro atoms. The van der Waals surface area contributed by atoms with Gasteiger partial charge < -0.3 is 10.6 Å². The van der Waals surface area contributed by atoms with E-state index in [0.29, 0.717) is 12.1 Å². The Morgan fingerprint density at radius 3 is 2.68 bits per heavy atom.